The number of allylic oxidation sites excluding steroid dienone is 8. The fourth-order valence-corrected chi connectivity index (χ4v) is 7.08. The quantitative estimate of drug-likeness (QED) is 0.0200. The first kappa shape index (κ1) is 56.4. The van der Waals surface area contributed by atoms with Crippen LogP contribution in [-0.4, -0.2) is 37.2 Å². The molecule has 0 fully saturated rings. The maximum atomic E-state index is 12.8. The van der Waals surface area contributed by atoms with Gasteiger partial charge >= 0.3 is 17.9 Å². The minimum Gasteiger partial charge on any atom is -0.462 e. The minimum absolute atomic E-state index is 0.0841. The Balaban J connectivity index is 4.40. The van der Waals surface area contributed by atoms with Crippen LogP contribution < -0.4 is 0 Å². The van der Waals surface area contributed by atoms with Gasteiger partial charge in [-0.25, -0.2) is 0 Å². The Kier molecular flexibility index (Phi) is 45.9. The van der Waals surface area contributed by atoms with E-state index in [2.05, 4.69) is 69.4 Å². The smallest absolute Gasteiger partial charge is 0.306 e. The average molecular weight is 827 g/mol. The van der Waals surface area contributed by atoms with Crippen LogP contribution in [-0.2, 0) is 28.6 Å². The molecular weight excluding hydrogens is 733 g/mol. The molecule has 0 aliphatic rings. The van der Waals surface area contributed by atoms with Gasteiger partial charge in [0.05, 0.1) is 0 Å². The highest BCUT2D eigenvalue weighted by atomic mass is 16.6. The Morgan fingerprint density at radius 3 is 1.08 bits per heavy atom. The van der Waals surface area contributed by atoms with E-state index in [0.717, 1.165) is 96.3 Å². The lowest BCUT2D eigenvalue weighted by Crippen LogP contribution is -2.30. The lowest BCUT2D eigenvalue weighted by atomic mass is 10.0. The third-order valence-corrected chi connectivity index (χ3v) is 10.9. The molecule has 0 aromatic carbocycles. The zero-order valence-corrected chi connectivity index (χ0v) is 39.0. The number of carbonyl (C=O) groups is 3. The summed E-state index contributed by atoms with van der Waals surface area (Å²) in [5, 5.41) is 0. The van der Waals surface area contributed by atoms with Gasteiger partial charge in [0.2, 0.25) is 0 Å². The topological polar surface area (TPSA) is 78.9 Å². The van der Waals surface area contributed by atoms with Crippen molar-refractivity contribution in [2.75, 3.05) is 13.2 Å². The minimum atomic E-state index is -0.786. The SMILES string of the molecule is CC/C=C/C=C/C=C/CCCCCCCC(=O)OC(COC(=O)CCCCC/C=C/CCCCCCCC)COC(=O)CCCCCCCCCCCCCCCCC. The molecule has 0 saturated carbocycles. The van der Waals surface area contributed by atoms with Crippen LogP contribution >= 0.6 is 0 Å². The van der Waals surface area contributed by atoms with Gasteiger partial charge in [0.1, 0.15) is 13.2 Å². The highest BCUT2D eigenvalue weighted by molar-refractivity contribution is 5.71. The lowest BCUT2D eigenvalue weighted by Gasteiger charge is -2.18. The molecule has 0 radical (unpaired) electrons. The molecule has 6 nitrogen and oxygen atoms in total. The number of ether oxygens (including phenoxy) is 3. The lowest BCUT2D eigenvalue weighted by molar-refractivity contribution is -0.167. The van der Waals surface area contributed by atoms with Crippen molar-refractivity contribution in [3.05, 3.63) is 48.6 Å². The molecule has 0 aromatic heterocycles. The zero-order valence-electron chi connectivity index (χ0n) is 39.0. The summed E-state index contributed by atoms with van der Waals surface area (Å²) in [6.45, 7) is 6.48. The molecule has 0 heterocycles. The predicted molar refractivity (Wildman–Crippen MR) is 252 cm³/mol. The summed E-state index contributed by atoms with van der Waals surface area (Å²) in [4.78, 5) is 37.9. The van der Waals surface area contributed by atoms with E-state index in [9.17, 15) is 14.4 Å². The summed E-state index contributed by atoms with van der Waals surface area (Å²) in [6.07, 6.45) is 56.6. The first-order chi connectivity index (χ1) is 29.0. The Hall–Kier alpha value is -2.63. The van der Waals surface area contributed by atoms with Crippen molar-refractivity contribution in [3.63, 3.8) is 0 Å². The normalized spacial score (nSPS) is 12.4. The molecule has 0 N–H and O–H groups in total. The number of esters is 3. The molecule has 342 valence electrons. The van der Waals surface area contributed by atoms with Crippen molar-refractivity contribution < 1.29 is 28.6 Å². The van der Waals surface area contributed by atoms with E-state index >= 15 is 0 Å². The van der Waals surface area contributed by atoms with Gasteiger partial charge in [-0.05, 0) is 64.2 Å². The summed E-state index contributed by atoms with van der Waals surface area (Å²) in [7, 11) is 0. The fourth-order valence-electron chi connectivity index (χ4n) is 7.08. The first-order valence-corrected chi connectivity index (χ1v) is 25.2. The van der Waals surface area contributed by atoms with Crippen molar-refractivity contribution >= 4 is 17.9 Å². The molecule has 0 saturated heterocycles. The van der Waals surface area contributed by atoms with Gasteiger partial charge in [0.25, 0.3) is 0 Å². The van der Waals surface area contributed by atoms with Crippen LogP contribution in [0.15, 0.2) is 48.6 Å². The van der Waals surface area contributed by atoms with Crippen LogP contribution in [0, 0.1) is 0 Å². The molecule has 1 unspecified atom stereocenters. The van der Waals surface area contributed by atoms with E-state index in [1.165, 1.54) is 116 Å². The van der Waals surface area contributed by atoms with Crippen LogP contribution in [0.5, 0.6) is 0 Å². The van der Waals surface area contributed by atoms with E-state index in [0.29, 0.717) is 19.3 Å². The highest BCUT2D eigenvalue weighted by Gasteiger charge is 2.19. The monoisotopic (exact) mass is 827 g/mol. The molecule has 0 rings (SSSR count). The van der Waals surface area contributed by atoms with Gasteiger partial charge in [-0.1, -0.05) is 217 Å². The summed E-state index contributed by atoms with van der Waals surface area (Å²) in [6, 6.07) is 0. The van der Waals surface area contributed by atoms with Gasteiger partial charge in [0.15, 0.2) is 6.10 Å². The largest absolute Gasteiger partial charge is 0.462 e. The van der Waals surface area contributed by atoms with E-state index in [4.69, 9.17) is 14.2 Å². The number of hydrogen-bond donors (Lipinski definition) is 0. The number of rotatable bonds is 45. The van der Waals surface area contributed by atoms with Crippen LogP contribution in [0.1, 0.15) is 252 Å². The van der Waals surface area contributed by atoms with E-state index in [1.54, 1.807) is 0 Å². The highest BCUT2D eigenvalue weighted by Crippen LogP contribution is 2.15. The summed E-state index contributed by atoms with van der Waals surface area (Å²) in [5.74, 6) is -0.916. The van der Waals surface area contributed by atoms with Gasteiger partial charge < -0.3 is 14.2 Å². The maximum Gasteiger partial charge on any atom is 0.306 e. The Morgan fingerprint density at radius 1 is 0.356 bits per heavy atom. The standard InChI is InChI=1S/C53H94O6/c1-4-7-10-13-16-19-22-25-26-29-31-34-37-40-43-46-52(55)58-49-50(59-53(56)47-44-41-38-35-32-28-24-21-18-15-12-9-6-3)48-57-51(54)45-42-39-36-33-30-27-23-20-17-14-11-8-5-2/h9,12,15,18,21,24,27,30,50H,4-8,10-11,13-14,16-17,19-20,22-23,25-26,28-29,31-49H2,1-3H3/b12-9+,18-15+,24-21+,30-27+. The number of hydrogen-bond acceptors (Lipinski definition) is 6. The van der Waals surface area contributed by atoms with E-state index in [-0.39, 0.29) is 31.1 Å². The summed E-state index contributed by atoms with van der Waals surface area (Å²) in [5.41, 5.74) is 0. The van der Waals surface area contributed by atoms with Crippen LogP contribution in [0.4, 0.5) is 0 Å². The predicted octanol–water partition coefficient (Wildman–Crippen LogP) is 16.3. The third-order valence-electron chi connectivity index (χ3n) is 10.9. The fraction of sp³-hybridized carbons (Fsp3) is 0.792. The van der Waals surface area contributed by atoms with E-state index in [1.807, 2.05) is 0 Å². The van der Waals surface area contributed by atoms with Crippen LogP contribution in [0.2, 0.25) is 0 Å². The Morgan fingerprint density at radius 2 is 0.678 bits per heavy atom. The Labute approximate surface area is 365 Å². The van der Waals surface area contributed by atoms with Gasteiger partial charge in [0, 0.05) is 19.3 Å². The first-order valence-electron chi connectivity index (χ1n) is 25.2. The van der Waals surface area contributed by atoms with Gasteiger partial charge in [-0.3, -0.25) is 14.4 Å². The zero-order chi connectivity index (χ0) is 43.0. The molecule has 0 aliphatic carbocycles. The molecule has 0 spiro atoms. The van der Waals surface area contributed by atoms with E-state index < -0.39 is 6.10 Å². The second kappa shape index (κ2) is 48.0. The maximum absolute atomic E-state index is 12.8. The third kappa shape index (κ3) is 46.3. The molecule has 0 aliphatic heterocycles. The summed E-state index contributed by atoms with van der Waals surface area (Å²) < 4.78 is 16.7. The van der Waals surface area contributed by atoms with Crippen LogP contribution in [0.3, 0.4) is 0 Å². The van der Waals surface area contributed by atoms with Crippen molar-refractivity contribution in [3.8, 4) is 0 Å². The molecule has 0 amide bonds. The second-order valence-electron chi connectivity index (χ2n) is 16.8. The van der Waals surface area contributed by atoms with Gasteiger partial charge in [-0.15, -0.1) is 0 Å². The molecule has 0 bridgehead atoms. The van der Waals surface area contributed by atoms with Crippen molar-refractivity contribution in [1.29, 1.82) is 0 Å². The molecule has 1 atom stereocenters. The number of carbonyl (C=O) groups excluding carboxylic acids is 3. The second-order valence-corrected chi connectivity index (χ2v) is 16.8. The van der Waals surface area contributed by atoms with Crippen molar-refractivity contribution in [1.82, 2.24) is 0 Å². The average Bonchev–Trinajstić information content (AvgIpc) is 3.23. The van der Waals surface area contributed by atoms with Crippen molar-refractivity contribution in [2.24, 2.45) is 0 Å². The van der Waals surface area contributed by atoms with Crippen LogP contribution in [0.25, 0.3) is 0 Å². The molecule has 59 heavy (non-hydrogen) atoms. The number of unbranched alkanes of at least 4 members (excludes halogenated alkanes) is 28. The summed E-state index contributed by atoms with van der Waals surface area (Å²) >= 11 is 0. The van der Waals surface area contributed by atoms with Gasteiger partial charge in [-0.2, -0.15) is 0 Å². The Bertz CT molecular complexity index is 1040. The van der Waals surface area contributed by atoms with Crippen molar-refractivity contribution in [2.45, 2.75) is 258 Å². The molecular formula is C53H94O6. The molecule has 6 heteroatoms. The molecule has 0 aromatic rings.